The zero-order valence-corrected chi connectivity index (χ0v) is 11.2. The molecule has 1 aromatic heterocycles. The summed E-state index contributed by atoms with van der Waals surface area (Å²) in [6.07, 6.45) is 5.14. The van der Waals surface area contributed by atoms with Crippen LogP contribution in [0.5, 0.6) is 0 Å². The molecule has 1 aliphatic carbocycles. The maximum absolute atomic E-state index is 5.86. The number of rotatable bonds is 4. The second-order valence-electron chi connectivity index (χ2n) is 5.52. The van der Waals surface area contributed by atoms with Gasteiger partial charge in [-0.1, -0.05) is 26.7 Å². The molecule has 0 amide bonds. The molecule has 0 spiro atoms. The molecule has 1 unspecified atom stereocenters. The average Bonchev–Trinajstić information content (AvgIpc) is 2.89. The number of nitrogens with zero attached hydrogens (tertiary/aromatic N) is 3. The zero-order chi connectivity index (χ0) is 12.4. The van der Waals surface area contributed by atoms with E-state index in [0.29, 0.717) is 24.3 Å². The van der Waals surface area contributed by atoms with Crippen molar-refractivity contribution in [2.45, 2.75) is 51.4 Å². The van der Waals surface area contributed by atoms with Gasteiger partial charge < -0.3 is 5.73 Å². The van der Waals surface area contributed by atoms with Crippen LogP contribution in [0.3, 0.4) is 0 Å². The van der Waals surface area contributed by atoms with Gasteiger partial charge in [-0.25, -0.2) is 4.98 Å². The van der Waals surface area contributed by atoms with Gasteiger partial charge in [0.1, 0.15) is 5.82 Å². The molecular weight excluding hydrogens is 212 g/mol. The molecule has 4 heteroatoms. The Labute approximate surface area is 104 Å². The molecule has 1 saturated carbocycles. The predicted molar refractivity (Wildman–Crippen MR) is 68.8 cm³/mol. The van der Waals surface area contributed by atoms with E-state index in [1.807, 2.05) is 11.7 Å². The van der Waals surface area contributed by atoms with Crippen LogP contribution in [0, 0.1) is 5.92 Å². The number of hydrogen-bond acceptors (Lipinski definition) is 3. The van der Waals surface area contributed by atoms with Crippen molar-refractivity contribution in [1.82, 2.24) is 14.8 Å². The predicted octanol–water partition coefficient (Wildman–Crippen LogP) is 2.17. The van der Waals surface area contributed by atoms with Crippen LogP contribution in [-0.2, 0) is 7.05 Å². The molecule has 1 fully saturated rings. The second kappa shape index (κ2) is 5.17. The maximum atomic E-state index is 5.86. The molecule has 1 heterocycles. The number of hydrogen-bond donors (Lipinski definition) is 1. The first kappa shape index (κ1) is 12.6. The molecule has 1 aliphatic rings. The third-order valence-corrected chi connectivity index (χ3v) is 3.92. The summed E-state index contributed by atoms with van der Waals surface area (Å²) < 4.78 is 1.94. The minimum absolute atomic E-state index is 0.322. The van der Waals surface area contributed by atoms with Gasteiger partial charge in [-0.2, -0.15) is 5.10 Å². The van der Waals surface area contributed by atoms with Crippen LogP contribution in [0.25, 0.3) is 0 Å². The SMILES string of the molecule is CC(C)C(CN)c1nc(C2CCCC2)nn1C. The molecule has 96 valence electrons. The number of aromatic nitrogens is 3. The van der Waals surface area contributed by atoms with Gasteiger partial charge in [0.05, 0.1) is 0 Å². The third kappa shape index (κ3) is 2.51. The highest BCUT2D eigenvalue weighted by Crippen LogP contribution is 2.33. The van der Waals surface area contributed by atoms with Gasteiger partial charge in [-0.15, -0.1) is 0 Å². The average molecular weight is 236 g/mol. The fourth-order valence-corrected chi connectivity index (χ4v) is 2.77. The van der Waals surface area contributed by atoms with Gasteiger partial charge in [-0.05, 0) is 18.8 Å². The summed E-state index contributed by atoms with van der Waals surface area (Å²) in [6, 6.07) is 0. The molecule has 0 bridgehead atoms. The lowest BCUT2D eigenvalue weighted by Crippen LogP contribution is -2.21. The summed E-state index contributed by atoms with van der Waals surface area (Å²) in [4.78, 5) is 4.76. The van der Waals surface area contributed by atoms with Gasteiger partial charge in [0.25, 0.3) is 0 Å². The molecule has 4 nitrogen and oxygen atoms in total. The zero-order valence-electron chi connectivity index (χ0n) is 11.2. The first-order valence-electron chi connectivity index (χ1n) is 6.74. The third-order valence-electron chi connectivity index (χ3n) is 3.92. The monoisotopic (exact) mass is 236 g/mol. The number of nitrogens with two attached hydrogens (primary N) is 1. The quantitative estimate of drug-likeness (QED) is 0.871. The van der Waals surface area contributed by atoms with E-state index in [1.54, 1.807) is 0 Å². The van der Waals surface area contributed by atoms with Crippen molar-refractivity contribution < 1.29 is 0 Å². The maximum Gasteiger partial charge on any atom is 0.154 e. The van der Waals surface area contributed by atoms with E-state index >= 15 is 0 Å². The smallest absolute Gasteiger partial charge is 0.154 e. The topological polar surface area (TPSA) is 56.7 Å². The fraction of sp³-hybridized carbons (Fsp3) is 0.846. The van der Waals surface area contributed by atoms with Gasteiger partial charge in [0, 0.05) is 25.4 Å². The molecule has 0 aliphatic heterocycles. The van der Waals surface area contributed by atoms with Crippen molar-refractivity contribution in [3.05, 3.63) is 11.6 Å². The Hall–Kier alpha value is -0.900. The Morgan fingerprint density at radius 2 is 2.00 bits per heavy atom. The van der Waals surface area contributed by atoms with Crippen molar-refractivity contribution >= 4 is 0 Å². The minimum Gasteiger partial charge on any atom is -0.330 e. The van der Waals surface area contributed by atoms with Crippen LogP contribution in [0.4, 0.5) is 0 Å². The summed E-state index contributed by atoms with van der Waals surface area (Å²) in [5.41, 5.74) is 5.86. The lowest BCUT2D eigenvalue weighted by Gasteiger charge is -2.17. The van der Waals surface area contributed by atoms with Crippen molar-refractivity contribution in [2.75, 3.05) is 6.54 Å². The molecule has 1 atom stereocenters. The largest absolute Gasteiger partial charge is 0.330 e. The van der Waals surface area contributed by atoms with E-state index in [9.17, 15) is 0 Å². The van der Waals surface area contributed by atoms with Crippen LogP contribution >= 0.6 is 0 Å². The highest BCUT2D eigenvalue weighted by Gasteiger charge is 2.25. The molecule has 0 aromatic carbocycles. The summed E-state index contributed by atoms with van der Waals surface area (Å²) in [5.74, 6) is 3.52. The lowest BCUT2D eigenvalue weighted by atomic mass is 9.95. The lowest BCUT2D eigenvalue weighted by molar-refractivity contribution is 0.464. The molecule has 2 N–H and O–H groups in total. The normalized spacial score (nSPS) is 19.1. The van der Waals surface area contributed by atoms with E-state index in [-0.39, 0.29) is 0 Å². The Morgan fingerprint density at radius 1 is 1.35 bits per heavy atom. The first-order chi connectivity index (χ1) is 8.13. The number of aryl methyl sites for hydroxylation is 1. The van der Waals surface area contributed by atoms with E-state index in [2.05, 4.69) is 18.9 Å². The summed E-state index contributed by atoms with van der Waals surface area (Å²) >= 11 is 0. The molecule has 0 saturated heterocycles. The van der Waals surface area contributed by atoms with Crippen LogP contribution in [0.1, 0.15) is 63.0 Å². The van der Waals surface area contributed by atoms with E-state index in [0.717, 1.165) is 11.6 Å². The van der Waals surface area contributed by atoms with E-state index in [4.69, 9.17) is 10.7 Å². The van der Waals surface area contributed by atoms with Crippen LogP contribution < -0.4 is 5.73 Å². The van der Waals surface area contributed by atoms with E-state index in [1.165, 1.54) is 25.7 Å². The van der Waals surface area contributed by atoms with Crippen molar-refractivity contribution in [3.8, 4) is 0 Å². The van der Waals surface area contributed by atoms with Crippen LogP contribution in [-0.4, -0.2) is 21.3 Å². The van der Waals surface area contributed by atoms with Crippen molar-refractivity contribution in [1.29, 1.82) is 0 Å². The Balaban J connectivity index is 2.22. The Morgan fingerprint density at radius 3 is 2.53 bits per heavy atom. The van der Waals surface area contributed by atoms with Gasteiger partial charge in [-0.3, -0.25) is 4.68 Å². The van der Waals surface area contributed by atoms with Gasteiger partial charge in [0.15, 0.2) is 5.82 Å². The molecule has 17 heavy (non-hydrogen) atoms. The second-order valence-corrected chi connectivity index (χ2v) is 5.52. The standard InChI is InChI=1S/C13H24N4/c1-9(2)11(8-14)13-15-12(16-17(13)3)10-6-4-5-7-10/h9-11H,4-8,14H2,1-3H3. The summed E-state index contributed by atoms with van der Waals surface area (Å²) in [5, 5.41) is 4.59. The van der Waals surface area contributed by atoms with Gasteiger partial charge in [0.2, 0.25) is 0 Å². The van der Waals surface area contributed by atoms with Gasteiger partial charge >= 0.3 is 0 Å². The minimum atomic E-state index is 0.322. The Kier molecular flexibility index (Phi) is 3.82. The molecule has 0 radical (unpaired) electrons. The molecule has 2 rings (SSSR count). The van der Waals surface area contributed by atoms with Crippen molar-refractivity contribution in [3.63, 3.8) is 0 Å². The summed E-state index contributed by atoms with van der Waals surface area (Å²) in [6.45, 7) is 5.04. The summed E-state index contributed by atoms with van der Waals surface area (Å²) in [7, 11) is 1.99. The highest BCUT2D eigenvalue weighted by molar-refractivity contribution is 5.06. The molecular formula is C13H24N4. The fourth-order valence-electron chi connectivity index (χ4n) is 2.77. The highest BCUT2D eigenvalue weighted by atomic mass is 15.3. The Bertz CT molecular complexity index is 363. The van der Waals surface area contributed by atoms with E-state index < -0.39 is 0 Å². The molecule has 1 aromatic rings. The van der Waals surface area contributed by atoms with Crippen LogP contribution in [0.15, 0.2) is 0 Å². The van der Waals surface area contributed by atoms with Crippen molar-refractivity contribution in [2.24, 2.45) is 18.7 Å². The first-order valence-corrected chi connectivity index (χ1v) is 6.74. The van der Waals surface area contributed by atoms with Crippen LogP contribution in [0.2, 0.25) is 0 Å².